The molecule has 8 heteroatoms. The molecule has 0 saturated heterocycles. The Morgan fingerprint density at radius 2 is 2.07 bits per heavy atom. The van der Waals surface area contributed by atoms with E-state index in [9.17, 15) is 14.4 Å². The van der Waals surface area contributed by atoms with Crippen LogP contribution in [-0.4, -0.2) is 24.4 Å². The number of thiophene rings is 1. The van der Waals surface area contributed by atoms with Gasteiger partial charge in [0, 0.05) is 11.8 Å². The van der Waals surface area contributed by atoms with Crippen molar-refractivity contribution in [2.24, 2.45) is 0 Å². The van der Waals surface area contributed by atoms with Crippen molar-refractivity contribution in [2.45, 2.75) is 45.6 Å². The minimum absolute atomic E-state index is 0.243. The van der Waals surface area contributed by atoms with E-state index < -0.39 is 18.5 Å². The first-order chi connectivity index (χ1) is 13.0. The Bertz CT molecular complexity index is 841. The molecule has 3 rings (SSSR count). The molecule has 0 saturated carbocycles. The van der Waals surface area contributed by atoms with Crippen molar-refractivity contribution < 1.29 is 23.5 Å². The number of ether oxygens (including phenoxy) is 1. The van der Waals surface area contributed by atoms with Crippen molar-refractivity contribution in [1.29, 1.82) is 0 Å². The van der Waals surface area contributed by atoms with Gasteiger partial charge in [-0.1, -0.05) is 0 Å². The minimum atomic E-state index is -0.584. The quantitative estimate of drug-likeness (QED) is 0.738. The molecule has 2 N–H and O–H groups in total. The summed E-state index contributed by atoms with van der Waals surface area (Å²) in [5, 5.41) is 5.93. The first-order valence-electron chi connectivity index (χ1n) is 8.87. The van der Waals surface area contributed by atoms with Crippen LogP contribution in [0.5, 0.6) is 0 Å². The van der Waals surface area contributed by atoms with E-state index in [1.807, 2.05) is 0 Å². The maximum atomic E-state index is 12.6. The van der Waals surface area contributed by atoms with Crippen LogP contribution in [0.2, 0.25) is 0 Å². The number of nitrogens with one attached hydrogen (secondary N) is 2. The molecule has 1 atom stereocenters. The maximum absolute atomic E-state index is 12.6. The van der Waals surface area contributed by atoms with Crippen LogP contribution in [0.25, 0.3) is 0 Å². The van der Waals surface area contributed by atoms with Crippen LogP contribution >= 0.6 is 11.3 Å². The van der Waals surface area contributed by atoms with Gasteiger partial charge in [0.15, 0.2) is 6.61 Å². The Morgan fingerprint density at radius 3 is 2.78 bits per heavy atom. The number of carbonyl (C=O) groups is 3. The third-order valence-electron chi connectivity index (χ3n) is 4.35. The van der Waals surface area contributed by atoms with Gasteiger partial charge in [-0.05, 0) is 50.3 Å². The van der Waals surface area contributed by atoms with Crippen LogP contribution in [0.4, 0.5) is 5.00 Å². The summed E-state index contributed by atoms with van der Waals surface area (Å²) in [6.07, 6.45) is 5.25. The van der Waals surface area contributed by atoms with E-state index in [0.717, 1.165) is 36.1 Å². The van der Waals surface area contributed by atoms with E-state index in [0.29, 0.717) is 16.3 Å². The van der Waals surface area contributed by atoms with Gasteiger partial charge in [-0.2, -0.15) is 0 Å². The summed E-state index contributed by atoms with van der Waals surface area (Å²) < 4.78 is 10.5. The monoisotopic (exact) mass is 390 g/mol. The minimum Gasteiger partial charge on any atom is -0.467 e. The van der Waals surface area contributed by atoms with Crippen LogP contribution in [0.1, 0.15) is 59.3 Å². The first kappa shape index (κ1) is 19.2. The Morgan fingerprint density at radius 1 is 1.30 bits per heavy atom. The molecular formula is C19H22N2O5S. The number of amides is 2. The number of hydrogen-bond donors (Lipinski definition) is 2. The van der Waals surface area contributed by atoms with Gasteiger partial charge in [0.1, 0.15) is 10.8 Å². The van der Waals surface area contributed by atoms with Crippen molar-refractivity contribution in [3.05, 3.63) is 40.2 Å². The molecule has 2 aromatic heterocycles. The van der Waals surface area contributed by atoms with Crippen molar-refractivity contribution >= 4 is 34.1 Å². The third kappa shape index (κ3) is 4.57. The fourth-order valence-electron chi connectivity index (χ4n) is 3.12. The standard InChI is InChI=1S/C19H22N2O5S/c1-11(14-7-5-9-25-14)20-16(23)10-26-19(24)17-13-6-3-4-8-15(13)27-18(17)21-12(2)22/h5,7,9,11H,3-4,6,8,10H2,1-2H3,(H,20,23)(H,21,22)/t11-/m1/s1. The van der Waals surface area contributed by atoms with Crippen LogP contribution < -0.4 is 10.6 Å². The van der Waals surface area contributed by atoms with Gasteiger partial charge in [0.25, 0.3) is 5.91 Å². The van der Waals surface area contributed by atoms with Crippen molar-refractivity contribution in [3.63, 3.8) is 0 Å². The predicted molar refractivity (Wildman–Crippen MR) is 101 cm³/mol. The molecule has 1 aliphatic carbocycles. The van der Waals surface area contributed by atoms with Crippen molar-refractivity contribution in [2.75, 3.05) is 11.9 Å². The first-order valence-corrected chi connectivity index (χ1v) is 9.69. The van der Waals surface area contributed by atoms with Crippen LogP contribution in [-0.2, 0) is 27.2 Å². The molecule has 0 aromatic carbocycles. The largest absolute Gasteiger partial charge is 0.467 e. The van der Waals surface area contributed by atoms with Crippen LogP contribution in [0.15, 0.2) is 22.8 Å². The summed E-state index contributed by atoms with van der Waals surface area (Å²) in [4.78, 5) is 37.3. The Hall–Kier alpha value is -2.61. The summed E-state index contributed by atoms with van der Waals surface area (Å²) in [6.45, 7) is 2.79. The number of aryl methyl sites for hydroxylation is 1. The molecule has 2 amide bonds. The second kappa shape index (κ2) is 8.39. The molecule has 0 unspecified atom stereocenters. The van der Waals surface area contributed by atoms with Crippen LogP contribution in [0, 0.1) is 0 Å². The molecule has 7 nitrogen and oxygen atoms in total. The Labute approximate surface area is 161 Å². The van der Waals surface area contributed by atoms with E-state index >= 15 is 0 Å². The number of furan rings is 1. The summed E-state index contributed by atoms with van der Waals surface area (Å²) in [5.74, 6) is -0.626. The van der Waals surface area contributed by atoms with E-state index in [2.05, 4.69) is 10.6 Å². The molecule has 0 bridgehead atoms. The highest BCUT2D eigenvalue weighted by atomic mass is 32.1. The van der Waals surface area contributed by atoms with Crippen molar-refractivity contribution in [1.82, 2.24) is 5.32 Å². The van der Waals surface area contributed by atoms with E-state index in [4.69, 9.17) is 9.15 Å². The maximum Gasteiger partial charge on any atom is 0.341 e. The number of carbonyl (C=O) groups excluding carboxylic acids is 3. The number of fused-ring (bicyclic) bond motifs is 1. The number of rotatable bonds is 6. The van der Waals surface area contributed by atoms with E-state index in [-0.39, 0.29) is 11.9 Å². The highest BCUT2D eigenvalue weighted by Gasteiger charge is 2.27. The van der Waals surface area contributed by atoms with Gasteiger partial charge in [0.2, 0.25) is 5.91 Å². The molecule has 1 aliphatic rings. The zero-order valence-corrected chi connectivity index (χ0v) is 16.1. The normalized spacial score (nSPS) is 14.1. The van der Waals surface area contributed by atoms with Crippen LogP contribution in [0.3, 0.4) is 0 Å². The fraction of sp³-hybridized carbons (Fsp3) is 0.421. The molecular weight excluding hydrogens is 368 g/mol. The molecule has 2 aromatic rings. The van der Waals surface area contributed by atoms with Crippen molar-refractivity contribution in [3.8, 4) is 0 Å². The van der Waals surface area contributed by atoms with Gasteiger partial charge in [-0.3, -0.25) is 9.59 Å². The zero-order valence-electron chi connectivity index (χ0n) is 15.3. The molecule has 0 radical (unpaired) electrons. The zero-order chi connectivity index (χ0) is 19.4. The van der Waals surface area contributed by atoms with E-state index in [1.54, 1.807) is 19.1 Å². The SMILES string of the molecule is CC(=O)Nc1sc2c(c1C(=O)OCC(=O)N[C@H](C)c1ccco1)CCCC2. The number of anilines is 1. The number of hydrogen-bond acceptors (Lipinski definition) is 6. The average Bonchev–Trinajstić information content (AvgIpc) is 3.26. The fourth-order valence-corrected chi connectivity index (χ4v) is 4.45. The lowest BCUT2D eigenvalue weighted by Crippen LogP contribution is -2.31. The molecule has 27 heavy (non-hydrogen) atoms. The molecule has 144 valence electrons. The second-order valence-corrected chi connectivity index (χ2v) is 7.58. The lowest BCUT2D eigenvalue weighted by Gasteiger charge is -2.14. The second-order valence-electron chi connectivity index (χ2n) is 6.48. The van der Waals surface area contributed by atoms with Gasteiger partial charge in [0.05, 0.1) is 17.9 Å². The molecule has 0 aliphatic heterocycles. The molecule has 0 spiro atoms. The lowest BCUT2D eigenvalue weighted by molar-refractivity contribution is -0.125. The lowest BCUT2D eigenvalue weighted by atomic mass is 9.95. The molecule has 2 heterocycles. The van der Waals surface area contributed by atoms with Gasteiger partial charge in [-0.15, -0.1) is 11.3 Å². The van der Waals surface area contributed by atoms with Gasteiger partial charge >= 0.3 is 5.97 Å². The van der Waals surface area contributed by atoms with Gasteiger partial charge in [-0.25, -0.2) is 4.79 Å². The molecule has 0 fully saturated rings. The Balaban J connectivity index is 1.66. The Kier molecular flexibility index (Phi) is 5.95. The predicted octanol–water partition coefficient (Wildman–Crippen LogP) is 3.21. The van der Waals surface area contributed by atoms with E-state index in [1.165, 1.54) is 24.5 Å². The number of esters is 1. The summed E-state index contributed by atoms with van der Waals surface area (Å²) in [7, 11) is 0. The summed E-state index contributed by atoms with van der Waals surface area (Å²) in [5.41, 5.74) is 1.32. The average molecular weight is 390 g/mol. The highest BCUT2D eigenvalue weighted by Crippen LogP contribution is 2.38. The topological polar surface area (TPSA) is 97.6 Å². The third-order valence-corrected chi connectivity index (χ3v) is 5.55. The smallest absolute Gasteiger partial charge is 0.341 e. The highest BCUT2D eigenvalue weighted by molar-refractivity contribution is 7.17. The summed E-state index contributed by atoms with van der Waals surface area (Å²) in [6, 6.07) is 3.17. The summed E-state index contributed by atoms with van der Waals surface area (Å²) >= 11 is 1.42. The van der Waals surface area contributed by atoms with Gasteiger partial charge < -0.3 is 19.8 Å².